The second-order valence-corrected chi connectivity index (χ2v) is 11.1. The van der Waals surface area contributed by atoms with Crippen LogP contribution in [-0.4, -0.2) is 9.13 Å². The highest BCUT2D eigenvalue weighted by atomic mass is 16.5. The molecule has 5 heteroatoms. The number of fused-ring (bicyclic) bond motifs is 6. The molecule has 11 rings (SSSR count). The van der Waals surface area contributed by atoms with E-state index in [1.165, 1.54) is 72.4 Å². The van der Waals surface area contributed by atoms with Gasteiger partial charge in [0.1, 0.15) is 40.5 Å². The summed E-state index contributed by atoms with van der Waals surface area (Å²) in [5, 5.41) is 2.54. The van der Waals surface area contributed by atoms with Crippen molar-refractivity contribution in [3.05, 3.63) is 115 Å². The van der Waals surface area contributed by atoms with Gasteiger partial charge in [-0.15, -0.1) is 0 Å². The predicted octanol–water partition coefficient (Wildman–Crippen LogP) is 6.04. The number of imidazole rings is 1. The lowest BCUT2D eigenvalue weighted by Gasteiger charge is -2.36. The van der Waals surface area contributed by atoms with Crippen molar-refractivity contribution in [2.24, 2.45) is 7.05 Å². The molecule has 1 atom stereocenters. The Balaban J connectivity index is 1.52. The standard InChI is InChI=1S/C34H20N4O/c1-35-17-18-37-32(35)25-11-5-13-26-28(25)34(37)29-27(39-26)15-14-23-22-10-4-9-21-19-7-2-3-8-20(19)24-12-6-16-36(34)33(24)38(30(21)22)31(23)29/h2-18H,1H3/q+2. The van der Waals surface area contributed by atoms with Crippen LogP contribution in [0.3, 0.4) is 0 Å². The summed E-state index contributed by atoms with van der Waals surface area (Å²) in [6.07, 6.45) is 6.69. The van der Waals surface area contributed by atoms with Crippen LogP contribution in [0, 0.1) is 0 Å². The number of aryl methyl sites for hydroxylation is 1. The Labute approximate surface area is 223 Å². The van der Waals surface area contributed by atoms with Crippen molar-refractivity contribution in [1.29, 1.82) is 0 Å². The first-order valence-electron chi connectivity index (χ1n) is 13.4. The van der Waals surface area contributed by atoms with Crippen LogP contribution in [0.4, 0.5) is 0 Å². The highest BCUT2D eigenvalue weighted by molar-refractivity contribution is 6.17. The maximum absolute atomic E-state index is 6.77. The summed E-state index contributed by atoms with van der Waals surface area (Å²) < 4.78 is 16.5. The van der Waals surface area contributed by atoms with E-state index in [4.69, 9.17) is 4.74 Å². The van der Waals surface area contributed by atoms with E-state index in [2.05, 4.69) is 129 Å². The number of pyridine rings is 1. The minimum absolute atomic E-state index is 0.606. The molecule has 0 fully saturated rings. The highest BCUT2D eigenvalue weighted by Gasteiger charge is 2.66. The zero-order chi connectivity index (χ0) is 25.2. The molecule has 39 heavy (non-hydrogen) atoms. The molecule has 180 valence electrons. The number of aromatic nitrogens is 4. The SMILES string of the molecule is Cn1cc[n+]2c1-c1cccc3c1C21c2c(ccc4c5cccc6c5n(c24)-c2c(ccc[n+]21)-c1ccccc1-6)O3. The minimum Gasteiger partial charge on any atom is -0.456 e. The Bertz CT molecular complexity index is 2340. The Morgan fingerprint density at radius 2 is 1.36 bits per heavy atom. The number of rotatable bonds is 0. The predicted molar refractivity (Wildman–Crippen MR) is 148 cm³/mol. The second kappa shape index (κ2) is 5.79. The van der Waals surface area contributed by atoms with Crippen molar-refractivity contribution >= 4 is 21.8 Å². The molecule has 0 aliphatic carbocycles. The zero-order valence-corrected chi connectivity index (χ0v) is 21.0. The molecule has 0 saturated carbocycles. The molecule has 5 nitrogen and oxygen atoms in total. The summed E-state index contributed by atoms with van der Waals surface area (Å²) in [4.78, 5) is 0. The molecule has 0 amide bonds. The molecule has 0 bridgehead atoms. The van der Waals surface area contributed by atoms with Crippen molar-refractivity contribution in [3.63, 3.8) is 0 Å². The van der Waals surface area contributed by atoms with Gasteiger partial charge in [-0.3, -0.25) is 0 Å². The highest BCUT2D eigenvalue weighted by Crippen LogP contribution is 2.58. The van der Waals surface area contributed by atoms with Crippen LogP contribution in [0.25, 0.3) is 61.3 Å². The average Bonchev–Trinajstić information content (AvgIpc) is 3.59. The van der Waals surface area contributed by atoms with E-state index in [1.807, 2.05) is 0 Å². The summed E-state index contributed by atoms with van der Waals surface area (Å²) in [6, 6.07) is 31.1. The molecule has 4 aliphatic heterocycles. The third kappa shape index (κ3) is 1.74. The van der Waals surface area contributed by atoms with Crippen molar-refractivity contribution in [3.8, 4) is 51.0 Å². The van der Waals surface area contributed by atoms with E-state index < -0.39 is 5.66 Å². The molecule has 1 spiro atoms. The van der Waals surface area contributed by atoms with Crippen molar-refractivity contribution in [2.45, 2.75) is 5.66 Å². The van der Waals surface area contributed by atoms with Crippen LogP contribution >= 0.6 is 0 Å². The first-order chi connectivity index (χ1) is 19.3. The van der Waals surface area contributed by atoms with Gasteiger partial charge in [-0.05, 0) is 53.6 Å². The molecule has 1 unspecified atom stereocenters. The number of ether oxygens (including phenoxy) is 1. The summed E-state index contributed by atoms with van der Waals surface area (Å²) in [5.41, 5.74) is 10.6. The van der Waals surface area contributed by atoms with Crippen LogP contribution < -0.4 is 13.9 Å². The third-order valence-electron chi connectivity index (χ3n) is 9.48. The fourth-order valence-electron chi connectivity index (χ4n) is 8.20. The number of benzene rings is 4. The molecule has 7 aromatic rings. The second-order valence-electron chi connectivity index (χ2n) is 11.1. The van der Waals surface area contributed by atoms with Gasteiger partial charge in [0, 0.05) is 16.3 Å². The summed E-state index contributed by atoms with van der Waals surface area (Å²) >= 11 is 0. The number of nitrogens with zero attached hydrogens (tertiary/aromatic N) is 4. The Morgan fingerprint density at radius 1 is 0.615 bits per heavy atom. The fraction of sp³-hybridized carbons (Fsp3) is 0.0588. The van der Waals surface area contributed by atoms with Gasteiger partial charge in [0.2, 0.25) is 0 Å². The van der Waals surface area contributed by atoms with Crippen molar-refractivity contribution < 1.29 is 13.9 Å². The van der Waals surface area contributed by atoms with Gasteiger partial charge in [-0.2, -0.15) is 13.7 Å². The van der Waals surface area contributed by atoms with E-state index in [0.29, 0.717) is 0 Å². The first kappa shape index (κ1) is 19.0. The van der Waals surface area contributed by atoms with Crippen LogP contribution in [-0.2, 0) is 12.7 Å². The van der Waals surface area contributed by atoms with Crippen molar-refractivity contribution in [2.75, 3.05) is 0 Å². The summed E-state index contributed by atoms with van der Waals surface area (Å²) in [7, 11) is 2.14. The first-order valence-corrected chi connectivity index (χ1v) is 13.4. The Kier molecular flexibility index (Phi) is 2.82. The van der Waals surface area contributed by atoms with Crippen LogP contribution in [0.2, 0.25) is 0 Å². The third-order valence-corrected chi connectivity index (χ3v) is 9.48. The zero-order valence-electron chi connectivity index (χ0n) is 21.0. The minimum atomic E-state index is -0.606. The van der Waals surface area contributed by atoms with Gasteiger partial charge in [0.15, 0.2) is 5.52 Å². The van der Waals surface area contributed by atoms with Crippen LogP contribution in [0.5, 0.6) is 11.5 Å². The lowest BCUT2D eigenvalue weighted by Crippen LogP contribution is -2.75. The number of para-hydroxylation sites is 1. The number of hydrogen-bond acceptors (Lipinski definition) is 1. The maximum atomic E-state index is 6.77. The average molecular weight is 501 g/mol. The largest absolute Gasteiger partial charge is 0.456 e. The summed E-state index contributed by atoms with van der Waals surface area (Å²) in [6.45, 7) is 0. The van der Waals surface area contributed by atoms with Gasteiger partial charge in [-0.1, -0.05) is 42.5 Å². The molecule has 0 saturated heterocycles. The van der Waals surface area contributed by atoms with E-state index in [0.717, 1.165) is 11.5 Å². The van der Waals surface area contributed by atoms with Crippen LogP contribution in [0.1, 0.15) is 11.1 Å². The molecule has 0 N–H and O–H groups in total. The van der Waals surface area contributed by atoms with E-state index in [9.17, 15) is 0 Å². The Hall–Kier alpha value is -5.16. The van der Waals surface area contributed by atoms with E-state index in [-0.39, 0.29) is 0 Å². The van der Waals surface area contributed by atoms with Gasteiger partial charge in [0.25, 0.3) is 11.6 Å². The molecule has 0 radical (unpaired) electrons. The van der Waals surface area contributed by atoms with E-state index in [1.54, 1.807) is 0 Å². The normalized spacial score (nSPS) is 17.7. The monoisotopic (exact) mass is 500 g/mol. The number of hydrogen-bond donors (Lipinski definition) is 0. The van der Waals surface area contributed by atoms with Gasteiger partial charge >= 0.3 is 5.66 Å². The molecule has 3 aromatic heterocycles. The van der Waals surface area contributed by atoms with E-state index >= 15 is 0 Å². The van der Waals surface area contributed by atoms with Gasteiger partial charge in [0.05, 0.1) is 24.4 Å². The molecule has 4 aromatic carbocycles. The Morgan fingerprint density at radius 3 is 2.28 bits per heavy atom. The topological polar surface area (TPSA) is 26.8 Å². The summed E-state index contributed by atoms with van der Waals surface area (Å²) in [5.74, 6) is 4.23. The quantitative estimate of drug-likeness (QED) is 0.233. The maximum Gasteiger partial charge on any atom is 0.318 e. The molecule has 4 aliphatic rings. The van der Waals surface area contributed by atoms with Crippen molar-refractivity contribution in [1.82, 2.24) is 9.13 Å². The smallest absolute Gasteiger partial charge is 0.318 e. The molecular formula is C34H20N4O+2. The lowest BCUT2D eigenvalue weighted by atomic mass is 9.83. The lowest BCUT2D eigenvalue weighted by molar-refractivity contribution is -0.961. The van der Waals surface area contributed by atoms with Crippen LogP contribution in [0.15, 0.2) is 104 Å². The fourth-order valence-corrected chi connectivity index (χ4v) is 8.20. The van der Waals surface area contributed by atoms with Gasteiger partial charge in [-0.25, -0.2) is 4.57 Å². The molecule has 7 heterocycles. The van der Waals surface area contributed by atoms with Gasteiger partial charge < -0.3 is 4.74 Å². The molecular weight excluding hydrogens is 480 g/mol.